The minimum atomic E-state index is -4.40. The Morgan fingerprint density at radius 2 is 2.08 bits per heavy atom. The molecule has 26 heavy (non-hydrogen) atoms. The molecule has 3 aliphatic rings. The number of rotatable bonds is 1. The van der Waals surface area contributed by atoms with Gasteiger partial charge >= 0.3 is 6.18 Å². The third-order valence-electron chi connectivity index (χ3n) is 6.87. The van der Waals surface area contributed by atoms with Crippen LogP contribution in [0.15, 0.2) is 18.2 Å². The van der Waals surface area contributed by atoms with Crippen LogP contribution in [-0.4, -0.2) is 28.5 Å². The lowest BCUT2D eigenvalue weighted by Gasteiger charge is -2.54. The number of carbonyl (C=O) groups excluding carboxylic acids is 1. The molecule has 2 aromatic rings. The summed E-state index contributed by atoms with van der Waals surface area (Å²) in [5, 5.41) is 0.818. The van der Waals surface area contributed by atoms with Crippen molar-refractivity contribution in [2.75, 3.05) is 13.1 Å². The quantitative estimate of drug-likeness (QED) is 0.729. The summed E-state index contributed by atoms with van der Waals surface area (Å²) in [7, 11) is 0. The molecule has 5 rings (SSSR count). The Balaban J connectivity index is 1.82. The van der Waals surface area contributed by atoms with Crippen molar-refractivity contribution < 1.29 is 18.0 Å². The number of carbonyl (C=O) groups is 1. The zero-order valence-electron chi connectivity index (χ0n) is 14.7. The van der Waals surface area contributed by atoms with Crippen molar-refractivity contribution in [2.45, 2.75) is 51.2 Å². The Morgan fingerprint density at radius 3 is 2.81 bits per heavy atom. The standard InChI is InChI=1S/C20H21F3N2O/c1-2-19-7-3-8-24-9-6-14-13-5-4-12(20(21,22)23)10-15(13)25(16(26)11-19)17(14)18(19)24/h4-5,10,18H,2-3,6-9,11H2,1H3/t18-,19+/m1/s1. The maximum absolute atomic E-state index is 13.2. The first-order valence-electron chi connectivity index (χ1n) is 9.37. The fourth-order valence-electron chi connectivity index (χ4n) is 5.68. The average Bonchev–Trinajstić information content (AvgIpc) is 2.95. The lowest BCUT2D eigenvalue weighted by Crippen LogP contribution is -2.53. The molecule has 1 saturated heterocycles. The van der Waals surface area contributed by atoms with E-state index in [0.29, 0.717) is 11.9 Å². The van der Waals surface area contributed by atoms with Crippen LogP contribution >= 0.6 is 0 Å². The van der Waals surface area contributed by atoms with Crippen LogP contribution < -0.4 is 0 Å². The Hall–Kier alpha value is -1.82. The fraction of sp³-hybridized carbons (Fsp3) is 0.550. The zero-order chi connectivity index (χ0) is 18.3. The highest BCUT2D eigenvalue weighted by Gasteiger charge is 2.53. The molecule has 0 N–H and O–H groups in total. The van der Waals surface area contributed by atoms with Crippen LogP contribution in [0, 0.1) is 5.41 Å². The summed E-state index contributed by atoms with van der Waals surface area (Å²) in [4.78, 5) is 15.5. The van der Waals surface area contributed by atoms with Gasteiger partial charge in [0.1, 0.15) is 0 Å². The highest BCUT2D eigenvalue weighted by molar-refractivity contribution is 5.98. The lowest BCUT2D eigenvalue weighted by molar-refractivity contribution is -0.137. The highest BCUT2D eigenvalue weighted by Crippen LogP contribution is 2.57. The van der Waals surface area contributed by atoms with Crippen molar-refractivity contribution >= 4 is 16.8 Å². The van der Waals surface area contributed by atoms with Gasteiger partial charge in [-0.05, 0) is 49.9 Å². The van der Waals surface area contributed by atoms with Crippen molar-refractivity contribution in [3.8, 4) is 0 Å². The van der Waals surface area contributed by atoms with Crippen molar-refractivity contribution in [1.82, 2.24) is 9.47 Å². The number of hydrogen-bond acceptors (Lipinski definition) is 2. The first-order valence-corrected chi connectivity index (χ1v) is 9.37. The lowest BCUT2D eigenvalue weighted by atomic mass is 9.64. The number of aromatic nitrogens is 1. The molecule has 0 aliphatic carbocycles. The first-order chi connectivity index (χ1) is 12.4. The monoisotopic (exact) mass is 362 g/mol. The van der Waals surface area contributed by atoms with E-state index in [1.807, 2.05) is 0 Å². The largest absolute Gasteiger partial charge is 0.416 e. The molecule has 0 spiro atoms. The molecule has 2 atom stereocenters. The van der Waals surface area contributed by atoms with Crippen LogP contribution in [0.25, 0.3) is 10.9 Å². The number of fused-ring (bicyclic) bond motifs is 3. The van der Waals surface area contributed by atoms with Crippen LogP contribution in [0.2, 0.25) is 0 Å². The van der Waals surface area contributed by atoms with E-state index >= 15 is 0 Å². The van der Waals surface area contributed by atoms with Gasteiger partial charge in [-0.25, -0.2) is 0 Å². The van der Waals surface area contributed by atoms with Crippen LogP contribution in [0.1, 0.15) is 60.3 Å². The third-order valence-corrected chi connectivity index (χ3v) is 6.87. The van der Waals surface area contributed by atoms with E-state index in [0.717, 1.165) is 67.5 Å². The second-order valence-corrected chi connectivity index (χ2v) is 8.01. The van der Waals surface area contributed by atoms with Gasteiger partial charge in [-0.3, -0.25) is 14.3 Å². The SMILES string of the molecule is CC[C@]12CCCN3CCc4c(n(c5cc(C(F)(F)F)ccc45)C(=O)C1)[C@@H]32. The molecule has 0 unspecified atom stereocenters. The summed E-state index contributed by atoms with van der Waals surface area (Å²) >= 11 is 0. The van der Waals surface area contributed by atoms with E-state index in [1.54, 1.807) is 10.6 Å². The number of nitrogens with zero attached hydrogens (tertiary/aromatic N) is 2. The Bertz CT molecular complexity index is 929. The molecular weight excluding hydrogens is 341 g/mol. The predicted octanol–water partition coefficient (Wildman–Crippen LogP) is 4.79. The molecule has 1 fully saturated rings. The van der Waals surface area contributed by atoms with Gasteiger partial charge in [0.25, 0.3) is 0 Å². The van der Waals surface area contributed by atoms with Crippen molar-refractivity contribution in [3.63, 3.8) is 0 Å². The fourth-order valence-corrected chi connectivity index (χ4v) is 5.68. The van der Waals surface area contributed by atoms with Gasteiger partial charge in [0, 0.05) is 29.5 Å². The Labute approximate surface area is 149 Å². The van der Waals surface area contributed by atoms with Crippen molar-refractivity contribution in [3.05, 3.63) is 35.0 Å². The summed E-state index contributed by atoms with van der Waals surface area (Å²) in [6, 6.07) is 4.04. The maximum atomic E-state index is 13.2. The van der Waals surface area contributed by atoms with Crippen LogP contribution in [-0.2, 0) is 12.6 Å². The van der Waals surface area contributed by atoms with Crippen LogP contribution in [0.4, 0.5) is 13.2 Å². The van der Waals surface area contributed by atoms with Gasteiger partial charge in [0.2, 0.25) is 5.91 Å². The number of piperidine rings is 1. The van der Waals surface area contributed by atoms with Gasteiger partial charge in [-0.15, -0.1) is 0 Å². The number of hydrogen-bond donors (Lipinski definition) is 0. The van der Waals surface area contributed by atoms with Crippen LogP contribution in [0.3, 0.4) is 0 Å². The van der Waals surface area contributed by atoms with Gasteiger partial charge in [0.05, 0.1) is 17.1 Å². The van der Waals surface area contributed by atoms with E-state index < -0.39 is 11.7 Å². The van der Waals surface area contributed by atoms with E-state index in [9.17, 15) is 18.0 Å². The summed E-state index contributed by atoms with van der Waals surface area (Å²) in [6.07, 6.45) is -0.142. The van der Waals surface area contributed by atoms with Gasteiger partial charge < -0.3 is 0 Å². The second-order valence-electron chi connectivity index (χ2n) is 8.01. The summed E-state index contributed by atoms with van der Waals surface area (Å²) in [6.45, 7) is 4.08. The van der Waals surface area contributed by atoms with Gasteiger partial charge in [0.15, 0.2) is 0 Å². The number of halogens is 3. The predicted molar refractivity (Wildman–Crippen MR) is 92.2 cm³/mol. The smallest absolute Gasteiger partial charge is 0.294 e. The molecule has 0 amide bonds. The second kappa shape index (κ2) is 5.12. The highest BCUT2D eigenvalue weighted by atomic mass is 19.4. The molecule has 1 aromatic heterocycles. The number of benzene rings is 1. The zero-order valence-corrected chi connectivity index (χ0v) is 14.7. The van der Waals surface area contributed by atoms with Crippen molar-refractivity contribution in [2.24, 2.45) is 5.41 Å². The molecule has 0 saturated carbocycles. The van der Waals surface area contributed by atoms with Gasteiger partial charge in [-0.2, -0.15) is 13.2 Å². The molecule has 0 radical (unpaired) electrons. The molecule has 6 heteroatoms. The maximum Gasteiger partial charge on any atom is 0.416 e. The molecule has 4 heterocycles. The average molecular weight is 362 g/mol. The molecule has 1 aromatic carbocycles. The molecule has 138 valence electrons. The molecular formula is C20H21F3N2O. The number of alkyl halides is 3. The summed E-state index contributed by atoms with van der Waals surface area (Å²) in [5.74, 6) is -0.0441. The Morgan fingerprint density at radius 1 is 1.27 bits per heavy atom. The first kappa shape index (κ1) is 16.4. The van der Waals surface area contributed by atoms with Crippen LogP contribution in [0.5, 0.6) is 0 Å². The van der Waals surface area contributed by atoms with Gasteiger partial charge in [-0.1, -0.05) is 13.0 Å². The molecule has 3 aliphatic heterocycles. The van der Waals surface area contributed by atoms with Crippen molar-refractivity contribution in [1.29, 1.82) is 0 Å². The minimum absolute atomic E-state index is 0.0441. The molecule has 0 bridgehead atoms. The molecule has 3 nitrogen and oxygen atoms in total. The van der Waals surface area contributed by atoms with E-state index in [2.05, 4.69) is 11.8 Å². The third kappa shape index (κ3) is 1.96. The van der Waals surface area contributed by atoms with E-state index in [-0.39, 0.29) is 17.4 Å². The van der Waals surface area contributed by atoms with E-state index in [1.165, 1.54) is 0 Å². The topological polar surface area (TPSA) is 25.2 Å². The minimum Gasteiger partial charge on any atom is -0.294 e. The van der Waals surface area contributed by atoms with E-state index in [4.69, 9.17) is 0 Å². The summed E-state index contributed by atoms with van der Waals surface area (Å²) < 4.78 is 41.3. The Kier molecular flexibility index (Phi) is 3.22. The normalized spacial score (nSPS) is 28.5. The summed E-state index contributed by atoms with van der Waals surface area (Å²) in [5.41, 5.74) is 1.75.